The van der Waals surface area contributed by atoms with Crippen molar-refractivity contribution in [3.63, 3.8) is 0 Å². The van der Waals surface area contributed by atoms with Crippen molar-refractivity contribution in [2.45, 2.75) is 37.4 Å². The van der Waals surface area contributed by atoms with Crippen LogP contribution in [0.1, 0.15) is 32.1 Å². The number of hydrogen-bond donors (Lipinski definition) is 0. The highest BCUT2D eigenvalue weighted by atomic mass is 32.2. The molecule has 2 nitrogen and oxygen atoms in total. The van der Waals surface area contributed by atoms with Crippen molar-refractivity contribution >= 4 is 34.1 Å². The molecule has 4 heteroatoms. The first-order valence-corrected chi connectivity index (χ1v) is 6.54. The van der Waals surface area contributed by atoms with Crippen LogP contribution in [0.25, 0.3) is 0 Å². The van der Waals surface area contributed by atoms with Crippen molar-refractivity contribution in [2.75, 3.05) is 13.1 Å². The number of rotatable bonds is 1. The van der Waals surface area contributed by atoms with Crippen molar-refractivity contribution in [2.24, 2.45) is 0 Å². The molecule has 0 aromatic heterocycles. The zero-order chi connectivity index (χ0) is 9.97. The van der Waals surface area contributed by atoms with Crippen LogP contribution < -0.4 is 0 Å². The Bertz CT molecular complexity index is 249. The lowest BCUT2D eigenvalue weighted by molar-refractivity contribution is -0.116. The maximum Gasteiger partial charge on any atom is 0.146 e. The molecule has 1 unspecified atom stereocenters. The van der Waals surface area contributed by atoms with Gasteiger partial charge in [-0.15, -0.1) is 0 Å². The molecule has 0 bridgehead atoms. The summed E-state index contributed by atoms with van der Waals surface area (Å²) in [6.45, 7) is 2.18. The van der Waals surface area contributed by atoms with Gasteiger partial charge in [-0.3, -0.25) is 4.79 Å². The summed E-state index contributed by atoms with van der Waals surface area (Å²) in [6, 6.07) is 0. The van der Waals surface area contributed by atoms with Gasteiger partial charge in [0.05, 0.1) is 5.25 Å². The molecule has 0 N–H and O–H groups in total. The first-order chi connectivity index (χ1) is 6.77. The zero-order valence-corrected chi connectivity index (χ0v) is 9.83. The van der Waals surface area contributed by atoms with Crippen LogP contribution in [0.2, 0.25) is 0 Å². The van der Waals surface area contributed by atoms with Crippen LogP contribution in [0.4, 0.5) is 0 Å². The highest BCUT2D eigenvalue weighted by Crippen LogP contribution is 2.29. The highest BCUT2D eigenvalue weighted by molar-refractivity contribution is 8.23. The minimum Gasteiger partial charge on any atom is -0.358 e. The van der Waals surface area contributed by atoms with Crippen molar-refractivity contribution in [1.29, 1.82) is 0 Å². The van der Waals surface area contributed by atoms with E-state index in [-0.39, 0.29) is 5.25 Å². The molecular weight excluding hydrogens is 214 g/mol. The summed E-state index contributed by atoms with van der Waals surface area (Å²) < 4.78 is 0.947. The number of thioether (sulfide) groups is 1. The van der Waals surface area contributed by atoms with E-state index in [9.17, 15) is 4.79 Å². The van der Waals surface area contributed by atoms with E-state index in [1.807, 2.05) is 0 Å². The number of nitrogens with zero attached hydrogens (tertiary/aromatic N) is 1. The molecule has 1 saturated heterocycles. The van der Waals surface area contributed by atoms with Crippen LogP contribution in [0.15, 0.2) is 0 Å². The molecule has 1 saturated carbocycles. The van der Waals surface area contributed by atoms with Crippen molar-refractivity contribution in [3.05, 3.63) is 0 Å². The SMILES string of the molecule is O=C1CCCC1SC(=S)N1CCCC1. The van der Waals surface area contributed by atoms with Gasteiger partial charge in [-0.2, -0.15) is 0 Å². The van der Waals surface area contributed by atoms with Crippen LogP contribution in [0.3, 0.4) is 0 Å². The average Bonchev–Trinajstić information content (AvgIpc) is 2.77. The average molecular weight is 229 g/mol. The molecule has 0 spiro atoms. The maximum atomic E-state index is 11.4. The van der Waals surface area contributed by atoms with E-state index in [0.29, 0.717) is 5.78 Å². The number of carbonyl (C=O) groups is 1. The largest absolute Gasteiger partial charge is 0.358 e. The maximum absolute atomic E-state index is 11.4. The monoisotopic (exact) mass is 229 g/mol. The summed E-state index contributed by atoms with van der Waals surface area (Å²) in [7, 11) is 0. The Morgan fingerprint density at radius 1 is 1.36 bits per heavy atom. The molecular formula is C10H15NOS2. The van der Waals surface area contributed by atoms with Crippen molar-refractivity contribution in [1.82, 2.24) is 4.90 Å². The molecule has 2 aliphatic rings. The third-order valence-corrected chi connectivity index (χ3v) is 4.65. The van der Waals surface area contributed by atoms with Crippen molar-refractivity contribution < 1.29 is 4.79 Å². The fraction of sp³-hybridized carbons (Fsp3) is 0.800. The summed E-state index contributed by atoms with van der Waals surface area (Å²) in [5, 5.41) is 0.170. The summed E-state index contributed by atoms with van der Waals surface area (Å²) in [5.41, 5.74) is 0. The number of carbonyl (C=O) groups excluding carboxylic acids is 1. The molecule has 78 valence electrons. The Kier molecular flexibility index (Phi) is 3.44. The van der Waals surface area contributed by atoms with Crippen LogP contribution in [0.5, 0.6) is 0 Å². The van der Waals surface area contributed by atoms with Gasteiger partial charge in [0.25, 0.3) is 0 Å². The van der Waals surface area contributed by atoms with E-state index in [1.165, 1.54) is 12.8 Å². The third-order valence-electron chi connectivity index (χ3n) is 2.86. The van der Waals surface area contributed by atoms with Gasteiger partial charge in [0.15, 0.2) is 0 Å². The molecule has 14 heavy (non-hydrogen) atoms. The minimum absolute atomic E-state index is 0.170. The van der Waals surface area contributed by atoms with Crippen LogP contribution in [0, 0.1) is 0 Å². The van der Waals surface area contributed by atoms with E-state index >= 15 is 0 Å². The van der Waals surface area contributed by atoms with E-state index in [1.54, 1.807) is 11.8 Å². The summed E-state index contributed by atoms with van der Waals surface area (Å²) >= 11 is 6.96. The first kappa shape index (κ1) is 10.4. The molecule has 0 aromatic carbocycles. The second-order valence-corrected chi connectivity index (χ2v) is 5.76. The molecule has 1 aliphatic carbocycles. The molecule has 2 fully saturated rings. The molecule has 0 amide bonds. The number of thiocarbonyl (C=S) groups is 1. The lowest BCUT2D eigenvalue weighted by atomic mass is 10.3. The van der Waals surface area contributed by atoms with Gasteiger partial charge in [-0.25, -0.2) is 0 Å². The molecule has 1 heterocycles. The second-order valence-electron chi connectivity index (χ2n) is 3.93. The first-order valence-electron chi connectivity index (χ1n) is 5.25. The van der Waals surface area contributed by atoms with E-state index in [4.69, 9.17) is 12.2 Å². The zero-order valence-electron chi connectivity index (χ0n) is 8.20. The van der Waals surface area contributed by atoms with Crippen LogP contribution in [-0.4, -0.2) is 33.3 Å². The van der Waals surface area contributed by atoms with Gasteiger partial charge in [-0.05, 0) is 25.7 Å². The smallest absolute Gasteiger partial charge is 0.146 e. The number of ketones is 1. The second kappa shape index (κ2) is 4.62. The third kappa shape index (κ3) is 2.28. The predicted octanol–water partition coefficient (Wildman–Crippen LogP) is 2.22. The Balaban J connectivity index is 1.84. The quantitative estimate of drug-likeness (QED) is 0.642. The van der Waals surface area contributed by atoms with E-state index in [0.717, 1.165) is 36.7 Å². The molecule has 1 atom stereocenters. The standard InChI is InChI=1S/C10H15NOS2/c12-8-4-3-5-9(8)14-10(13)11-6-1-2-7-11/h9H,1-7H2. The lowest BCUT2D eigenvalue weighted by Crippen LogP contribution is -2.26. The van der Waals surface area contributed by atoms with Gasteiger partial charge < -0.3 is 4.90 Å². The molecule has 0 radical (unpaired) electrons. The summed E-state index contributed by atoms with van der Waals surface area (Å²) in [5.74, 6) is 0.400. The van der Waals surface area contributed by atoms with Crippen LogP contribution in [-0.2, 0) is 4.79 Å². The normalized spacial score (nSPS) is 27.3. The fourth-order valence-electron chi connectivity index (χ4n) is 2.00. The topological polar surface area (TPSA) is 20.3 Å². The molecule has 1 aliphatic heterocycles. The number of hydrogen-bond acceptors (Lipinski definition) is 3. The molecule has 0 aromatic rings. The Morgan fingerprint density at radius 3 is 2.64 bits per heavy atom. The van der Waals surface area contributed by atoms with Gasteiger partial charge in [0.1, 0.15) is 10.1 Å². The van der Waals surface area contributed by atoms with E-state index < -0.39 is 0 Å². The number of Topliss-reactive ketones (excluding diaryl/α,β-unsaturated/α-hetero) is 1. The summed E-state index contributed by atoms with van der Waals surface area (Å²) in [6.07, 6.45) is 5.34. The Labute approximate surface area is 94.4 Å². The summed E-state index contributed by atoms with van der Waals surface area (Å²) in [4.78, 5) is 13.7. The van der Waals surface area contributed by atoms with Gasteiger partial charge in [0.2, 0.25) is 0 Å². The highest BCUT2D eigenvalue weighted by Gasteiger charge is 2.28. The Hall–Kier alpha value is -0.0900. The van der Waals surface area contributed by atoms with Crippen molar-refractivity contribution in [3.8, 4) is 0 Å². The predicted molar refractivity (Wildman–Crippen MR) is 63.6 cm³/mol. The minimum atomic E-state index is 0.170. The lowest BCUT2D eigenvalue weighted by Gasteiger charge is -2.19. The van der Waals surface area contributed by atoms with Gasteiger partial charge >= 0.3 is 0 Å². The van der Waals surface area contributed by atoms with Gasteiger partial charge in [0, 0.05) is 19.5 Å². The molecule has 2 rings (SSSR count). The Morgan fingerprint density at radius 2 is 2.07 bits per heavy atom. The fourth-order valence-corrected chi connectivity index (χ4v) is 3.64. The van der Waals surface area contributed by atoms with Gasteiger partial charge in [-0.1, -0.05) is 24.0 Å². The number of likely N-dealkylation sites (tertiary alicyclic amines) is 1. The van der Waals surface area contributed by atoms with E-state index in [2.05, 4.69) is 4.90 Å². The van der Waals surface area contributed by atoms with Crippen LogP contribution >= 0.6 is 24.0 Å².